The fraction of sp³-hybridized carbons (Fsp3) is 0.357. The first-order chi connectivity index (χ1) is 10.1. The molecule has 1 aliphatic heterocycles. The van der Waals surface area contributed by atoms with Crippen molar-refractivity contribution in [3.05, 3.63) is 35.9 Å². The van der Waals surface area contributed by atoms with Crippen LogP contribution in [0, 0.1) is 0 Å². The van der Waals surface area contributed by atoms with E-state index < -0.39 is 18.1 Å². The highest BCUT2D eigenvalue weighted by Crippen LogP contribution is 2.01. The lowest BCUT2D eigenvalue weighted by atomic mass is 10.2. The minimum atomic E-state index is -0.922. The molecule has 7 nitrogen and oxygen atoms in total. The Morgan fingerprint density at radius 3 is 2.86 bits per heavy atom. The number of hydrogen-bond acceptors (Lipinski definition) is 5. The molecule has 0 fully saturated rings. The van der Waals surface area contributed by atoms with Gasteiger partial charge in [0.25, 0.3) is 0 Å². The number of amidine groups is 1. The van der Waals surface area contributed by atoms with Crippen LogP contribution < -0.4 is 10.6 Å². The van der Waals surface area contributed by atoms with Gasteiger partial charge in [-0.15, -0.1) is 0 Å². The first-order valence-electron chi connectivity index (χ1n) is 6.62. The number of nitrogens with one attached hydrogen (secondary N) is 2. The third-order valence-corrected chi connectivity index (χ3v) is 2.97. The molecule has 1 aliphatic rings. The summed E-state index contributed by atoms with van der Waals surface area (Å²) in [6, 6.07) is 8.68. The molecule has 1 heterocycles. The fourth-order valence-corrected chi connectivity index (χ4v) is 1.87. The molecular formula is C14H17N3O4. The number of hydrogen-bond donors (Lipinski definition) is 3. The lowest BCUT2D eigenvalue weighted by Gasteiger charge is -2.21. The minimum absolute atomic E-state index is 0.122. The first-order valence-corrected chi connectivity index (χ1v) is 6.62. The van der Waals surface area contributed by atoms with Gasteiger partial charge in [0.1, 0.15) is 18.5 Å². The van der Waals surface area contributed by atoms with Crippen molar-refractivity contribution in [1.29, 1.82) is 0 Å². The Morgan fingerprint density at radius 1 is 1.38 bits per heavy atom. The number of aliphatic carboxylic acids is 1. The number of nitrogens with zero attached hydrogens (tertiary/aromatic N) is 1. The Labute approximate surface area is 122 Å². The van der Waals surface area contributed by atoms with Crippen molar-refractivity contribution in [3.63, 3.8) is 0 Å². The number of aliphatic imine (C=N–C) groups is 1. The molecule has 1 amide bonds. The summed E-state index contributed by atoms with van der Waals surface area (Å²) >= 11 is 0. The quantitative estimate of drug-likeness (QED) is 0.743. The van der Waals surface area contributed by atoms with Gasteiger partial charge < -0.3 is 20.5 Å². The molecule has 0 spiro atoms. The molecule has 0 saturated carbocycles. The van der Waals surface area contributed by atoms with Gasteiger partial charge in [0, 0.05) is 6.54 Å². The molecule has 3 N–H and O–H groups in total. The highest BCUT2D eigenvalue weighted by Gasteiger charge is 2.21. The van der Waals surface area contributed by atoms with E-state index in [-0.39, 0.29) is 13.2 Å². The Hall–Kier alpha value is -2.57. The van der Waals surface area contributed by atoms with Gasteiger partial charge >= 0.3 is 12.1 Å². The number of carboxylic acid groups (broad SMARTS) is 1. The van der Waals surface area contributed by atoms with Crippen molar-refractivity contribution in [2.24, 2.45) is 4.99 Å². The van der Waals surface area contributed by atoms with E-state index in [1.165, 1.54) is 0 Å². The maximum absolute atomic E-state index is 11.5. The lowest BCUT2D eigenvalue weighted by molar-refractivity contribution is -0.139. The van der Waals surface area contributed by atoms with Gasteiger partial charge in [0.15, 0.2) is 0 Å². The van der Waals surface area contributed by atoms with Crippen molar-refractivity contribution in [2.75, 3.05) is 13.1 Å². The van der Waals surface area contributed by atoms with Crippen LogP contribution in [0.15, 0.2) is 35.3 Å². The summed E-state index contributed by atoms with van der Waals surface area (Å²) in [5.74, 6) is -0.473. The smallest absolute Gasteiger partial charge is 0.407 e. The van der Waals surface area contributed by atoms with E-state index in [1.807, 2.05) is 30.3 Å². The zero-order valence-electron chi connectivity index (χ0n) is 11.4. The number of benzene rings is 1. The van der Waals surface area contributed by atoms with Gasteiger partial charge in [-0.25, -0.2) is 9.59 Å². The molecule has 0 bridgehead atoms. The molecule has 7 heteroatoms. The van der Waals surface area contributed by atoms with Crippen LogP contribution in [0.2, 0.25) is 0 Å². The van der Waals surface area contributed by atoms with Crippen LogP contribution in [0.25, 0.3) is 0 Å². The number of amides is 1. The minimum Gasteiger partial charge on any atom is -0.480 e. The third kappa shape index (κ3) is 4.79. The van der Waals surface area contributed by atoms with Gasteiger partial charge in [0.2, 0.25) is 0 Å². The van der Waals surface area contributed by atoms with Crippen LogP contribution in [-0.2, 0) is 16.1 Å². The summed E-state index contributed by atoms with van der Waals surface area (Å²) in [5.41, 5.74) is 0.895. The summed E-state index contributed by atoms with van der Waals surface area (Å²) in [5, 5.41) is 14.2. The van der Waals surface area contributed by atoms with E-state index in [0.29, 0.717) is 18.8 Å². The second-order valence-corrected chi connectivity index (χ2v) is 4.57. The Kier molecular flexibility index (Phi) is 5.14. The van der Waals surface area contributed by atoms with Crippen LogP contribution in [-0.4, -0.2) is 42.1 Å². The Balaban J connectivity index is 1.71. The zero-order chi connectivity index (χ0) is 15.1. The molecule has 1 aromatic carbocycles. The van der Waals surface area contributed by atoms with Gasteiger partial charge in [-0.3, -0.25) is 4.99 Å². The second kappa shape index (κ2) is 7.28. The molecule has 21 heavy (non-hydrogen) atoms. The molecule has 0 radical (unpaired) electrons. The molecule has 1 aromatic rings. The molecule has 0 aromatic heterocycles. The second-order valence-electron chi connectivity index (χ2n) is 4.57. The number of alkyl carbamates (subject to hydrolysis) is 1. The van der Waals surface area contributed by atoms with Gasteiger partial charge in [-0.05, 0) is 12.0 Å². The topological polar surface area (TPSA) is 100 Å². The maximum Gasteiger partial charge on any atom is 0.407 e. The largest absolute Gasteiger partial charge is 0.480 e. The fourth-order valence-electron chi connectivity index (χ4n) is 1.87. The van der Waals surface area contributed by atoms with E-state index in [0.717, 1.165) is 5.56 Å². The highest BCUT2D eigenvalue weighted by molar-refractivity contribution is 5.91. The van der Waals surface area contributed by atoms with Gasteiger partial charge in [-0.1, -0.05) is 30.3 Å². The highest BCUT2D eigenvalue weighted by atomic mass is 16.5. The predicted octanol–water partition coefficient (Wildman–Crippen LogP) is 0.758. The van der Waals surface area contributed by atoms with Crippen LogP contribution in [0.5, 0.6) is 0 Å². The van der Waals surface area contributed by atoms with Crippen molar-refractivity contribution < 1.29 is 19.4 Å². The Bertz CT molecular complexity index is 530. The third-order valence-electron chi connectivity index (χ3n) is 2.97. The van der Waals surface area contributed by atoms with E-state index in [1.54, 1.807) is 0 Å². The molecule has 2 rings (SSSR count). The monoisotopic (exact) mass is 291 g/mol. The van der Waals surface area contributed by atoms with E-state index >= 15 is 0 Å². The SMILES string of the molecule is O=C(NCC1=NCC[C@@H](C(=O)O)N1)OCc1ccccc1. The number of carboxylic acids is 1. The summed E-state index contributed by atoms with van der Waals surface area (Å²) in [6.45, 7) is 0.738. The summed E-state index contributed by atoms with van der Waals surface area (Å²) in [6.07, 6.45) is -0.127. The van der Waals surface area contributed by atoms with Crippen molar-refractivity contribution in [1.82, 2.24) is 10.6 Å². The van der Waals surface area contributed by atoms with Crippen LogP contribution in [0.1, 0.15) is 12.0 Å². The molecule has 112 valence electrons. The zero-order valence-corrected chi connectivity index (χ0v) is 11.4. The van der Waals surface area contributed by atoms with Crippen molar-refractivity contribution in [3.8, 4) is 0 Å². The van der Waals surface area contributed by atoms with Gasteiger partial charge in [0.05, 0.1) is 6.54 Å². The lowest BCUT2D eigenvalue weighted by Crippen LogP contribution is -2.48. The number of ether oxygens (including phenoxy) is 1. The molecule has 0 saturated heterocycles. The average molecular weight is 291 g/mol. The van der Waals surface area contributed by atoms with E-state index in [9.17, 15) is 9.59 Å². The predicted molar refractivity (Wildman–Crippen MR) is 76.1 cm³/mol. The van der Waals surface area contributed by atoms with Crippen molar-refractivity contribution in [2.45, 2.75) is 19.1 Å². The molecule has 0 aliphatic carbocycles. The van der Waals surface area contributed by atoms with Crippen LogP contribution in [0.3, 0.4) is 0 Å². The molecule has 1 atom stereocenters. The van der Waals surface area contributed by atoms with Gasteiger partial charge in [-0.2, -0.15) is 0 Å². The first kappa shape index (κ1) is 14.8. The normalized spacial score (nSPS) is 17.3. The summed E-state index contributed by atoms with van der Waals surface area (Å²) in [4.78, 5) is 26.5. The molecule has 0 unspecified atom stereocenters. The van der Waals surface area contributed by atoms with E-state index in [4.69, 9.17) is 9.84 Å². The summed E-state index contributed by atoms with van der Waals surface area (Å²) in [7, 11) is 0. The average Bonchev–Trinajstić information content (AvgIpc) is 2.52. The number of rotatable bonds is 5. The van der Waals surface area contributed by atoms with Crippen LogP contribution >= 0.6 is 0 Å². The maximum atomic E-state index is 11.5. The van der Waals surface area contributed by atoms with Crippen molar-refractivity contribution >= 4 is 17.9 Å². The summed E-state index contributed by atoms with van der Waals surface area (Å²) < 4.78 is 5.04. The van der Waals surface area contributed by atoms with Crippen LogP contribution in [0.4, 0.5) is 4.79 Å². The number of carbonyl (C=O) groups excluding carboxylic acids is 1. The number of carbonyl (C=O) groups is 2. The standard InChI is InChI=1S/C14H17N3O4/c18-13(19)11-6-7-15-12(17-11)8-16-14(20)21-9-10-4-2-1-3-5-10/h1-5,11H,6-9H2,(H,15,17)(H,16,20)(H,18,19)/t11-/m0/s1. The Morgan fingerprint density at radius 2 is 2.14 bits per heavy atom. The van der Waals surface area contributed by atoms with E-state index in [2.05, 4.69) is 15.6 Å². The molecular weight excluding hydrogens is 274 g/mol.